The van der Waals surface area contributed by atoms with Crippen LogP contribution in [0.2, 0.25) is 0 Å². The standard InChI is InChI=1S/C18H21NO4S2/c1-3-22-14-9-6-5-8-13(14)12-15-17(21)19(18(24)25-15)11-7-10-16(20)23-4-2/h5-6,8-9,12H,3-4,7,10-11H2,1-2H3/b15-12-. The zero-order valence-electron chi connectivity index (χ0n) is 14.3. The van der Waals surface area contributed by atoms with Crippen LogP contribution >= 0.6 is 24.0 Å². The van der Waals surface area contributed by atoms with Crippen LogP contribution in [0.1, 0.15) is 32.3 Å². The summed E-state index contributed by atoms with van der Waals surface area (Å²) in [4.78, 5) is 26.1. The highest BCUT2D eigenvalue weighted by atomic mass is 32.2. The molecule has 5 nitrogen and oxygen atoms in total. The molecule has 134 valence electrons. The molecule has 0 aromatic heterocycles. The third-order valence-corrected chi connectivity index (χ3v) is 4.82. The average molecular weight is 380 g/mol. The fourth-order valence-electron chi connectivity index (χ4n) is 2.34. The van der Waals surface area contributed by atoms with Crippen LogP contribution in [0.4, 0.5) is 0 Å². The van der Waals surface area contributed by atoms with Gasteiger partial charge in [-0.2, -0.15) is 0 Å². The van der Waals surface area contributed by atoms with E-state index in [4.69, 9.17) is 21.7 Å². The van der Waals surface area contributed by atoms with Gasteiger partial charge in [0.05, 0.1) is 18.1 Å². The quantitative estimate of drug-likeness (QED) is 0.391. The minimum Gasteiger partial charge on any atom is -0.493 e. The van der Waals surface area contributed by atoms with Crippen molar-refractivity contribution in [3.63, 3.8) is 0 Å². The van der Waals surface area contributed by atoms with Crippen molar-refractivity contribution in [2.45, 2.75) is 26.7 Å². The number of thiocarbonyl (C=S) groups is 1. The van der Waals surface area contributed by atoms with Crippen LogP contribution in [0.3, 0.4) is 0 Å². The highest BCUT2D eigenvalue weighted by molar-refractivity contribution is 8.26. The highest BCUT2D eigenvalue weighted by Crippen LogP contribution is 2.34. The van der Waals surface area contributed by atoms with Crippen molar-refractivity contribution in [2.75, 3.05) is 19.8 Å². The first kappa shape index (κ1) is 19.5. The second-order valence-electron chi connectivity index (χ2n) is 5.21. The molecule has 0 N–H and O–H groups in total. The Kier molecular flexibility index (Phi) is 7.46. The molecule has 0 atom stereocenters. The molecule has 25 heavy (non-hydrogen) atoms. The van der Waals surface area contributed by atoms with Crippen molar-refractivity contribution >= 4 is 46.3 Å². The van der Waals surface area contributed by atoms with Gasteiger partial charge in [0.15, 0.2) is 0 Å². The smallest absolute Gasteiger partial charge is 0.305 e. The summed E-state index contributed by atoms with van der Waals surface area (Å²) >= 11 is 6.57. The molecule has 1 aliphatic rings. The molecule has 0 bridgehead atoms. The lowest BCUT2D eigenvalue weighted by Gasteiger charge is -2.13. The van der Waals surface area contributed by atoms with E-state index in [0.717, 1.165) is 11.3 Å². The maximum atomic E-state index is 12.6. The lowest BCUT2D eigenvalue weighted by molar-refractivity contribution is -0.143. The van der Waals surface area contributed by atoms with Crippen LogP contribution in [0, 0.1) is 0 Å². The normalized spacial score (nSPS) is 15.8. The third kappa shape index (κ3) is 5.31. The van der Waals surface area contributed by atoms with E-state index in [1.54, 1.807) is 13.0 Å². The van der Waals surface area contributed by atoms with Gasteiger partial charge in [-0.3, -0.25) is 14.5 Å². The van der Waals surface area contributed by atoms with Gasteiger partial charge in [0.2, 0.25) is 0 Å². The molecule has 1 aliphatic heterocycles. The van der Waals surface area contributed by atoms with Crippen LogP contribution in [0.15, 0.2) is 29.2 Å². The number of hydrogen-bond acceptors (Lipinski definition) is 6. The summed E-state index contributed by atoms with van der Waals surface area (Å²) in [5.74, 6) is 0.344. The van der Waals surface area contributed by atoms with Crippen molar-refractivity contribution in [2.24, 2.45) is 0 Å². The van der Waals surface area contributed by atoms with Gasteiger partial charge >= 0.3 is 5.97 Å². The van der Waals surface area contributed by atoms with Gasteiger partial charge < -0.3 is 9.47 Å². The van der Waals surface area contributed by atoms with Gasteiger partial charge in [-0.05, 0) is 32.4 Å². The van der Waals surface area contributed by atoms with Gasteiger partial charge in [0.1, 0.15) is 10.1 Å². The topological polar surface area (TPSA) is 55.8 Å². The van der Waals surface area contributed by atoms with E-state index >= 15 is 0 Å². The molecule has 1 saturated heterocycles. The molecule has 2 rings (SSSR count). The third-order valence-electron chi connectivity index (χ3n) is 3.45. The Morgan fingerprint density at radius 3 is 2.76 bits per heavy atom. The Balaban J connectivity index is 2.04. The van der Waals surface area contributed by atoms with Crippen LogP contribution in [0.25, 0.3) is 6.08 Å². The molecule has 1 aromatic rings. The lowest BCUT2D eigenvalue weighted by atomic mass is 10.2. The summed E-state index contributed by atoms with van der Waals surface area (Å²) in [6.45, 7) is 5.01. The zero-order chi connectivity index (χ0) is 18.2. The second kappa shape index (κ2) is 9.58. The van der Waals surface area contributed by atoms with Crippen molar-refractivity contribution in [3.8, 4) is 5.75 Å². The van der Waals surface area contributed by atoms with E-state index in [-0.39, 0.29) is 18.3 Å². The molecule has 0 spiro atoms. The number of thioether (sulfide) groups is 1. The largest absolute Gasteiger partial charge is 0.493 e. The van der Waals surface area contributed by atoms with Crippen LogP contribution in [-0.4, -0.2) is 40.9 Å². The number of esters is 1. The molecule has 1 fully saturated rings. The first-order chi connectivity index (χ1) is 12.1. The SMILES string of the molecule is CCOC(=O)CCCN1C(=O)/C(=C/c2ccccc2OCC)SC1=S. The summed E-state index contributed by atoms with van der Waals surface area (Å²) < 4.78 is 11.0. The molecule has 0 aliphatic carbocycles. The van der Waals surface area contributed by atoms with Crippen molar-refractivity contribution in [1.29, 1.82) is 0 Å². The van der Waals surface area contributed by atoms with Crippen LogP contribution in [-0.2, 0) is 14.3 Å². The number of para-hydroxylation sites is 1. The first-order valence-corrected chi connectivity index (χ1v) is 9.42. The Bertz CT molecular complexity index is 687. The fraction of sp³-hybridized carbons (Fsp3) is 0.389. The Hall–Kier alpha value is -1.86. The summed E-state index contributed by atoms with van der Waals surface area (Å²) in [7, 11) is 0. The number of ether oxygens (including phenoxy) is 2. The minimum absolute atomic E-state index is 0.134. The van der Waals surface area contributed by atoms with Crippen molar-refractivity contribution in [3.05, 3.63) is 34.7 Å². The molecular formula is C18H21NO4S2. The number of amides is 1. The number of hydrogen-bond donors (Lipinski definition) is 0. The molecule has 1 aromatic carbocycles. The first-order valence-electron chi connectivity index (χ1n) is 8.19. The monoisotopic (exact) mass is 379 g/mol. The van der Waals surface area contributed by atoms with Gasteiger partial charge in [-0.15, -0.1) is 0 Å². The van der Waals surface area contributed by atoms with Gasteiger partial charge in [-0.1, -0.05) is 42.2 Å². The summed E-state index contributed by atoms with van der Waals surface area (Å²) in [5, 5.41) is 0. The summed E-state index contributed by atoms with van der Waals surface area (Å²) in [6.07, 6.45) is 2.60. The average Bonchev–Trinajstić information content (AvgIpc) is 2.84. The van der Waals surface area contributed by atoms with E-state index in [1.165, 1.54) is 16.7 Å². The number of carbonyl (C=O) groups excluding carboxylic acids is 2. The van der Waals surface area contributed by atoms with Gasteiger partial charge in [0.25, 0.3) is 5.91 Å². The minimum atomic E-state index is -0.255. The maximum Gasteiger partial charge on any atom is 0.305 e. The van der Waals surface area contributed by atoms with Gasteiger partial charge in [-0.25, -0.2) is 0 Å². The van der Waals surface area contributed by atoms with E-state index in [2.05, 4.69) is 0 Å². The van der Waals surface area contributed by atoms with Crippen molar-refractivity contribution < 1.29 is 19.1 Å². The number of benzene rings is 1. The van der Waals surface area contributed by atoms with E-state index < -0.39 is 0 Å². The summed E-state index contributed by atoms with van der Waals surface area (Å²) in [6, 6.07) is 7.56. The lowest BCUT2D eigenvalue weighted by Crippen LogP contribution is -2.29. The zero-order valence-corrected chi connectivity index (χ0v) is 16.0. The van der Waals surface area contributed by atoms with E-state index in [0.29, 0.717) is 35.4 Å². The second-order valence-corrected chi connectivity index (χ2v) is 6.89. The van der Waals surface area contributed by atoms with Crippen LogP contribution in [0.5, 0.6) is 5.75 Å². The molecule has 0 unspecified atom stereocenters. The highest BCUT2D eigenvalue weighted by Gasteiger charge is 2.31. The predicted octanol–water partition coefficient (Wildman–Crippen LogP) is 3.63. The number of nitrogens with zero attached hydrogens (tertiary/aromatic N) is 1. The molecular weight excluding hydrogens is 358 g/mol. The molecule has 0 radical (unpaired) electrons. The fourth-order valence-corrected chi connectivity index (χ4v) is 3.63. The van der Waals surface area contributed by atoms with Crippen LogP contribution < -0.4 is 4.74 Å². The summed E-state index contributed by atoms with van der Waals surface area (Å²) in [5.41, 5.74) is 0.844. The number of carbonyl (C=O) groups is 2. The molecule has 7 heteroatoms. The van der Waals surface area contributed by atoms with Gasteiger partial charge in [0, 0.05) is 18.5 Å². The van der Waals surface area contributed by atoms with Crippen molar-refractivity contribution in [1.82, 2.24) is 4.90 Å². The van der Waals surface area contributed by atoms with E-state index in [1.807, 2.05) is 31.2 Å². The Morgan fingerprint density at radius 2 is 2.04 bits per heavy atom. The maximum absolute atomic E-state index is 12.6. The van der Waals surface area contributed by atoms with E-state index in [9.17, 15) is 9.59 Å². The predicted molar refractivity (Wildman–Crippen MR) is 103 cm³/mol. The Labute approximate surface area is 157 Å². The molecule has 1 amide bonds. The molecule has 1 heterocycles. The number of rotatable bonds is 8. The Morgan fingerprint density at radius 1 is 1.28 bits per heavy atom. The molecule has 0 saturated carbocycles.